The van der Waals surface area contributed by atoms with Crippen molar-refractivity contribution in [1.82, 2.24) is 25.4 Å². The molecule has 32 heavy (non-hydrogen) atoms. The topological polar surface area (TPSA) is 67.1 Å². The molecule has 0 amide bonds. The van der Waals surface area contributed by atoms with Crippen LogP contribution in [0, 0.1) is 6.92 Å². The van der Waals surface area contributed by atoms with Gasteiger partial charge in [0, 0.05) is 18.5 Å². The highest BCUT2D eigenvalue weighted by Gasteiger charge is 2.14. The minimum atomic E-state index is 0. The Balaban J connectivity index is 0.00000289. The van der Waals surface area contributed by atoms with Crippen molar-refractivity contribution in [1.29, 1.82) is 0 Å². The Morgan fingerprint density at radius 3 is 2.72 bits per heavy atom. The third-order valence-corrected chi connectivity index (χ3v) is 6.97. The number of hydrogen-bond donors (Lipinski definition) is 2. The zero-order chi connectivity index (χ0) is 21.6. The minimum Gasteiger partial charge on any atom is -0.356 e. The number of nitrogens with one attached hydrogen (secondary N) is 2. The van der Waals surface area contributed by atoms with Crippen LogP contribution in [0.25, 0.3) is 0 Å². The molecule has 8 heteroatoms. The molecule has 0 fully saturated rings. The molecule has 0 radical (unpaired) electrons. The van der Waals surface area contributed by atoms with Gasteiger partial charge in [0.05, 0.1) is 6.04 Å². The molecule has 3 aromatic rings. The van der Waals surface area contributed by atoms with E-state index in [0.717, 1.165) is 30.6 Å². The van der Waals surface area contributed by atoms with Crippen molar-refractivity contribution in [3.63, 3.8) is 0 Å². The molecule has 0 spiro atoms. The highest BCUT2D eigenvalue weighted by Crippen LogP contribution is 2.24. The van der Waals surface area contributed by atoms with E-state index >= 15 is 0 Å². The van der Waals surface area contributed by atoms with Gasteiger partial charge in [-0.3, -0.25) is 0 Å². The summed E-state index contributed by atoms with van der Waals surface area (Å²) in [6.45, 7) is 5.48. The van der Waals surface area contributed by atoms with Crippen LogP contribution in [0.4, 0.5) is 0 Å². The van der Waals surface area contributed by atoms with Crippen LogP contribution in [0.1, 0.15) is 59.0 Å². The summed E-state index contributed by atoms with van der Waals surface area (Å²) >= 11 is 1.79. The number of halogens is 1. The van der Waals surface area contributed by atoms with Crippen LogP contribution in [0.3, 0.4) is 0 Å². The number of aryl methyl sites for hydroxylation is 3. The fourth-order valence-corrected chi connectivity index (χ4v) is 4.67. The fraction of sp³-hybridized carbons (Fsp3) is 0.458. The maximum absolute atomic E-state index is 4.81. The molecular weight excluding hydrogens is 531 g/mol. The predicted molar refractivity (Wildman–Crippen MR) is 143 cm³/mol. The fourth-order valence-electron chi connectivity index (χ4n) is 3.96. The van der Waals surface area contributed by atoms with E-state index in [0.29, 0.717) is 6.54 Å². The van der Waals surface area contributed by atoms with E-state index in [-0.39, 0.29) is 30.0 Å². The van der Waals surface area contributed by atoms with Crippen LogP contribution < -0.4 is 10.6 Å². The van der Waals surface area contributed by atoms with Crippen LogP contribution >= 0.6 is 35.3 Å². The smallest absolute Gasteiger partial charge is 0.192 e. The van der Waals surface area contributed by atoms with Gasteiger partial charge in [-0.05, 0) is 74.1 Å². The van der Waals surface area contributed by atoms with Gasteiger partial charge in [-0.25, -0.2) is 4.99 Å². The monoisotopic (exact) mass is 564 g/mol. The summed E-state index contributed by atoms with van der Waals surface area (Å²) < 4.78 is 1.99. The average molecular weight is 565 g/mol. The van der Waals surface area contributed by atoms with Gasteiger partial charge in [-0.15, -0.1) is 45.5 Å². The first kappa shape index (κ1) is 24.7. The highest BCUT2D eigenvalue weighted by molar-refractivity contribution is 14.0. The molecule has 2 aromatic heterocycles. The first-order chi connectivity index (χ1) is 15.1. The van der Waals surface area contributed by atoms with Crippen molar-refractivity contribution < 1.29 is 0 Å². The number of benzene rings is 1. The summed E-state index contributed by atoms with van der Waals surface area (Å²) in [6.07, 6.45) is 6.00. The van der Waals surface area contributed by atoms with Crippen molar-refractivity contribution in [2.24, 2.45) is 12.0 Å². The molecule has 1 aliphatic rings. The number of nitrogens with zero attached hydrogens (tertiary/aromatic N) is 4. The zero-order valence-electron chi connectivity index (χ0n) is 19.1. The third-order valence-electron chi connectivity index (χ3n) is 6.03. The Morgan fingerprint density at radius 2 is 2.00 bits per heavy atom. The summed E-state index contributed by atoms with van der Waals surface area (Å²) in [5, 5.41) is 17.6. The lowest BCUT2D eigenvalue weighted by Crippen LogP contribution is -2.39. The number of aliphatic imine (C=N–C) groups is 1. The Hall–Kier alpha value is -1.94. The molecule has 1 aliphatic carbocycles. The number of fused-ring (bicyclic) bond motifs is 1. The average Bonchev–Trinajstić information content (AvgIpc) is 3.42. The van der Waals surface area contributed by atoms with Gasteiger partial charge >= 0.3 is 0 Å². The van der Waals surface area contributed by atoms with Crippen LogP contribution in [-0.4, -0.2) is 27.3 Å². The standard InChI is InChI=1S/C24H32N6S.HI/c1-17(20-11-10-19-7-4-5-8-21(19)15-20)27-24(25-13-12-22-9-6-14-31-22)26-16-23-29-28-18(2)30(23)3;/h6,9-11,14-15,17H,4-5,7-8,12-13,16H2,1-3H3,(H2,25,26,27);1H. The predicted octanol–water partition coefficient (Wildman–Crippen LogP) is 4.72. The van der Waals surface area contributed by atoms with Gasteiger partial charge in [-0.1, -0.05) is 24.3 Å². The van der Waals surface area contributed by atoms with Gasteiger partial charge < -0.3 is 15.2 Å². The quantitative estimate of drug-likeness (QED) is 0.248. The van der Waals surface area contributed by atoms with Crippen LogP contribution in [0.5, 0.6) is 0 Å². The maximum atomic E-state index is 4.81. The van der Waals surface area contributed by atoms with Gasteiger partial charge in [0.25, 0.3) is 0 Å². The van der Waals surface area contributed by atoms with E-state index in [1.54, 1.807) is 11.3 Å². The Morgan fingerprint density at radius 1 is 1.19 bits per heavy atom. The molecule has 1 aromatic carbocycles. The van der Waals surface area contributed by atoms with E-state index < -0.39 is 0 Å². The van der Waals surface area contributed by atoms with E-state index in [1.807, 2.05) is 18.5 Å². The molecule has 2 N–H and O–H groups in total. The molecule has 0 bridgehead atoms. The lowest BCUT2D eigenvalue weighted by atomic mass is 9.89. The van der Waals surface area contributed by atoms with E-state index in [2.05, 4.69) is 63.5 Å². The second kappa shape index (κ2) is 11.8. The molecule has 0 aliphatic heterocycles. The summed E-state index contributed by atoms with van der Waals surface area (Å²) in [5.74, 6) is 2.56. The first-order valence-electron chi connectivity index (χ1n) is 11.1. The number of rotatable bonds is 7. The van der Waals surface area contributed by atoms with Crippen molar-refractivity contribution in [2.45, 2.75) is 58.5 Å². The first-order valence-corrected chi connectivity index (χ1v) is 12.0. The molecular formula is C24H33IN6S. The van der Waals surface area contributed by atoms with Gasteiger partial charge in [-0.2, -0.15) is 0 Å². The SMILES string of the molecule is Cc1nnc(CN=C(NCCc2cccs2)NC(C)c2ccc3c(c2)CCCC3)n1C.I. The number of thiophene rings is 1. The Labute approximate surface area is 212 Å². The van der Waals surface area contributed by atoms with Crippen molar-refractivity contribution in [3.05, 3.63) is 68.9 Å². The van der Waals surface area contributed by atoms with E-state index in [9.17, 15) is 0 Å². The Bertz CT molecular complexity index is 1030. The summed E-state index contributed by atoms with van der Waals surface area (Å²) in [7, 11) is 1.98. The molecule has 0 saturated carbocycles. The molecule has 6 nitrogen and oxygen atoms in total. The number of guanidine groups is 1. The van der Waals surface area contributed by atoms with Crippen LogP contribution in [-0.2, 0) is 32.9 Å². The molecule has 1 atom stereocenters. The minimum absolute atomic E-state index is 0. The second-order valence-electron chi connectivity index (χ2n) is 8.24. The number of hydrogen-bond acceptors (Lipinski definition) is 4. The lowest BCUT2D eigenvalue weighted by molar-refractivity contribution is 0.661. The second-order valence-corrected chi connectivity index (χ2v) is 9.28. The van der Waals surface area contributed by atoms with Gasteiger partial charge in [0.1, 0.15) is 12.4 Å². The van der Waals surface area contributed by atoms with Gasteiger partial charge in [0.15, 0.2) is 11.8 Å². The maximum Gasteiger partial charge on any atom is 0.192 e. The summed E-state index contributed by atoms with van der Waals surface area (Å²) in [4.78, 5) is 6.19. The zero-order valence-corrected chi connectivity index (χ0v) is 22.2. The van der Waals surface area contributed by atoms with E-state index in [4.69, 9.17) is 4.99 Å². The van der Waals surface area contributed by atoms with Gasteiger partial charge in [0.2, 0.25) is 0 Å². The normalized spacial score (nSPS) is 14.4. The van der Waals surface area contributed by atoms with Crippen molar-refractivity contribution in [2.75, 3.05) is 6.54 Å². The Kier molecular flexibility index (Phi) is 9.10. The highest BCUT2D eigenvalue weighted by atomic mass is 127. The summed E-state index contributed by atoms with van der Waals surface area (Å²) in [5.41, 5.74) is 4.34. The molecule has 0 saturated heterocycles. The largest absolute Gasteiger partial charge is 0.356 e. The summed E-state index contributed by atoms with van der Waals surface area (Å²) in [6, 6.07) is 11.4. The number of aromatic nitrogens is 3. The molecule has 1 unspecified atom stereocenters. The van der Waals surface area contributed by atoms with Crippen LogP contribution in [0.2, 0.25) is 0 Å². The van der Waals surface area contributed by atoms with Crippen molar-refractivity contribution in [3.8, 4) is 0 Å². The molecule has 172 valence electrons. The van der Waals surface area contributed by atoms with Crippen molar-refractivity contribution >= 4 is 41.3 Å². The molecule has 2 heterocycles. The van der Waals surface area contributed by atoms with Crippen LogP contribution in [0.15, 0.2) is 40.7 Å². The molecule has 4 rings (SSSR count). The lowest BCUT2D eigenvalue weighted by Gasteiger charge is -2.22. The van der Waals surface area contributed by atoms with E-state index in [1.165, 1.54) is 47.3 Å². The third kappa shape index (κ3) is 6.31.